The molecule has 1 atom stereocenters. The number of nitrogens with one attached hydrogen (secondary N) is 1. The summed E-state index contributed by atoms with van der Waals surface area (Å²) in [4.78, 5) is 26.7. The lowest BCUT2D eigenvalue weighted by Gasteiger charge is -2.27. The molecule has 148 valence electrons. The fourth-order valence-corrected chi connectivity index (χ4v) is 3.94. The van der Waals surface area contributed by atoms with Crippen molar-refractivity contribution in [2.75, 3.05) is 16.0 Å². The van der Waals surface area contributed by atoms with E-state index >= 15 is 0 Å². The van der Waals surface area contributed by atoms with E-state index in [4.69, 9.17) is 4.42 Å². The van der Waals surface area contributed by atoms with Gasteiger partial charge in [0.15, 0.2) is 0 Å². The third-order valence-corrected chi connectivity index (χ3v) is 5.40. The quantitative estimate of drug-likeness (QED) is 0.650. The second-order valence-corrected chi connectivity index (χ2v) is 7.72. The summed E-state index contributed by atoms with van der Waals surface area (Å²) >= 11 is 1.20. The van der Waals surface area contributed by atoms with Crippen molar-refractivity contribution in [3.8, 4) is 0 Å². The van der Waals surface area contributed by atoms with Gasteiger partial charge in [-0.3, -0.25) is 9.59 Å². The van der Waals surface area contributed by atoms with Gasteiger partial charge in [0.05, 0.1) is 23.5 Å². The number of benzene rings is 2. The van der Waals surface area contributed by atoms with E-state index in [1.807, 2.05) is 55.5 Å². The molecule has 7 nitrogen and oxygen atoms in total. The molecular weight excluding hydrogens is 388 g/mol. The molecule has 4 rings (SSSR count). The molecule has 1 aliphatic rings. The van der Waals surface area contributed by atoms with Crippen molar-refractivity contribution >= 4 is 35.0 Å². The maximum Gasteiger partial charge on any atom is 0.277 e. The fourth-order valence-electron chi connectivity index (χ4n) is 3.30. The van der Waals surface area contributed by atoms with Crippen molar-refractivity contribution in [1.82, 2.24) is 10.2 Å². The Kier molecular flexibility index (Phi) is 5.62. The molecule has 0 radical (unpaired) electrons. The van der Waals surface area contributed by atoms with Crippen LogP contribution in [-0.4, -0.2) is 33.8 Å². The molecule has 2 heterocycles. The first-order valence-electron chi connectivity index (χ1n) is 9.30. The Bertz CT molecular complexity index is 1020. The summed E-state index contributed by atoms with van der Waals surface area (Å²) in [5.74, 6) is 0.430. The van der Waals surface area contributed by atoms with Gasteiger partial charge in [0, 0.05) is 12.5 Å². The van der Waals surface area contributed by atoms with Crippen LogP contribution in [0.2, 0.25) is 0 Å². The number of anilines is 2. The number of rotatable bonds is 5. The largest absolute Gasteiger partial charge is 0.416 e. The van der Waals surface area contributed by atoms with Crippen molar-refractivity contribution in [2.24, 2.45) is 0 Å². The monoisotopic (exact) mass is 408 g/mol. The van der Waals surface area contributed by atoms with Crippen LogP contribution in [0.4, 0.5) is 11.4 Å². The molecule has 3 aromatic rings. The van der Waals surface area contributed by atoms with Gasteiger partial charge < -0.3 is 14.6 Å². The number of amides is 2. The van der Waals surface area contributed by atoms with Gasteiger partial charge in [-0.2, -0.15) is 0 Å². The van der Waals surface area contributed by atoms with Crippen molar-refractivity contribution in [3.05, 3.63) is 66.1 Å². The first-order valence-corrected chi connectivity index (χ1v) is 10.3. The SMILES string of the molecule is CC1CC(=O)Nc2ccccc2N1C(=O)CSc1nnc(Cc2ccccc2)o1. The summed E-state index contributed by atoms with van der Waals surface area (Å²) in [6.45, 7) is 1.87. The van der Waals surface area contributed by atoms with Crippen LogP contribution in [0.3, 0.4) is 0 Å². The van der Waals surface area contributed by atoms with Gasteiger partial charge in [-0.25, -0.2) is 0 Å². The summed E-state index contributed by atoms with van der Waals surface area (Å²) < 4.78 is 5.67. The average molecular weight is 408 g/mol. The zero-order valence-corrected chi connectivity index (χ0v) is 16.7. The normalized spacial score (nSPS) is 16.1. The van der Waals surface area contributed by atoms with Crippen LogP contribution in [0.5, 0.6) is 0 Å². The van der Waals surface area contributed by atoms with E-state index in [0.717, 1.165) is 5.56 Å². The number of carbonyl (C=O) groups is 2. The van der Waals surface area contributed by atoms with Crippen LogP contribution >= 0.6 is 11.8 Å². The first-order chi connectivity index (χ1) is 14.1. The number of para-hydroxylation sites is 2. The van der Waals surface area contributed by atoms with E-state index < -0.39 is 0 Å². The van der Waals surface area contributed by atoms with Crippen LogP contribution in [0.1, 0.15) is 24.8 Å². The number of thioether (sulfide) groups is 1. The van der Waals surface area contributed by atoms with Gasteiger partial charge >= 0.3 is 0 Å². The maximum absolute atomic E-state index is 13.0. The lowest BCUT2D eigenvalue weighted by Crippen LogP contribution is -2.40. The van der Waals surface area contributed by atoms with Crippen molar-refractivity contribution in [3.63, 3.8) is 0 Å². The predicted octanol–water partition coefficient (Wildman–Crippen LogP) is 3.52. The first kappa shape index (κ1) is 19.2. The number of aromatic nitrogens is 2. The molecule has 1 aliphatic heterocycles. The minimum Gasteiger partial charge on any atom is -0.416 e. The average Bonchev–Trinajstić information content (AvgIpc) is 3.10. The van der Waals surface area contributed by atoms with Gasteiger partial charge in [0.25, 0.3) is 5.22 Å². The second kappa shape index (κ2) is 8.48. The van der Waals surface area contributed by atoms with Crippen molar-refractivity contribution in [2.45, 2.75) is 31.0 Å². The third kappa shape index (κ3) is 4.48. The van der Waals surface area contributed by atoms with Gasteiger partial charge in [0.2, 0.25) is 17.7 Å². The van der Waals surface area contributed by atoms with Gasteiger partial charge in [-0.05, 0) is 24.6 Å². The van der Waals surface area contributed by atoms with Crippen LogP contribution in [0.25, 0.3) is 0 Å². The molecule has 0 aliphatic carbocycles. The highest BCUT2D eigenvalue weighted by Crippen LogP contribution is 2.32. The Balaban J connectivity index is 1.44. The summed E-state index contributed by atoms with van der Waals surface area (Å²) in [5, 5.41) is 11.3. The molecule has 1 aromatic heterocycles. The third-order valence-electron chi connectivity index (χ3n) is 4.59. The van der Waals surface area contributed by atoms with E-state index in [-0.39, 0.29) is 30.0 Å². The summed E-state index contributed by atoms with van der Waals surface area (Å²) in [7, 11) is 0. The highest BCUT2D eigenvalue weighted by atomic mass is 32.2. The summed E-state index contributed by atoms with van der Waals surface area (Å²) in [6.07, 6.45) is 0.791. The van der Waals surface area contributed by atoms with Crippen LogP contribution in [0.15, 0.2) is 64.2 Å². The Morgan fingerprint density at radius 2 is 1.93 bits per heavy atom. The van der Waals surface area contributed by atoms with E-state index in [2.05, 4.69) is 15.5 Å². The second-order valence-electron chi connectivity index (χ2n) is 6.79. The lowest BCUT2D eigenvalue weighted by molar-refractivity contribution is -0.117. The molecule has 1 unspecified atom stereocenters. The smallest absolute Gasteiger partial charge is 0.277 e. The molecule has 8 heteroatoms. The molecule has 0 fully saturated rings. The molecule has 0 saturated carbocycles. The highest BCUT2D eigenvalue weighted by Gasteiger charge is 2.29. The molecule has 2 aromatic carbocycles. The zero-order chi connectivity index (χ0) is 20.2. The van der Waals surface area contributed by atoms with Crippen molar-refractivity contribution in [1.29, 1.82) is 0 Å². The number of fused-ring (bicyclic) bond motifs is 1. The molecule has 1 N–H and O–H groups in total. The van der Waals surface area contributed by atoms with E-state index in [0.29, 0.717) is 28.9 Å². The highest BCUT2D eigenvalue weighted by molar-refractivity contribution is 7.99. The molecule has 2 amide bonds. The van der Waals surface area contributed by atoms with Gasteiger partial charge in [-0.1, -0.05) is 54.2 Å². The minimum atomic E-state index is -0.247. The number of carbonyl (C=O) groups excluding carboxylic acids is 2. The lowest BCUT2D eigenvalue weighted by atomic mass is 10.2. The molecular formula is C21H20N4O3S. The van der Waals surface area contributed by atoms with Crippen LogP contribution in [0, 0.1) is 0 Å². The van der Waals surface area contributed by atoms with Crippen molar-refractivity contribution < 1.29 is 14.0 Å². The standard InChI is InChI=1S/C21H20N4O3S/c1-14-11-18(26)22-16-9-5-6-10-17(16)25(14)20(27)13-29-21-24-23-19(28-21)12-15-7-3-2-4-8-15/h2-10,14H,11-13H2,1H3,(H,22,26). The Labute approximate surface area is 172 Å². The molecule has 0 saturated heterocycles. The molecule has 0 spiro atoms. The van der Waals surface area contributed by atoms with Gasteiger partial charge in [-0.15, -0.1) is 10.2 Å². The zero-order valence-electron chi connectivity index (χ0n) is 15.9. The number of hydrogen-bond acceptors (Lipinski definition) is 6. The molecule has 0 bridgehead atoms. The summed E-state index contributed by atoms with van der Waals surface area (Å²) in [6, 6.07) is 16.9. The Morgan fingerprint density at radius 1 is 1.17 bits per heavy atom. The van der Waals surface area contributed by atoms with Gasteiger partial charge in [0.1, 0.15) is 0 Å². The fraction of sp³-hybridized carbons (Fsp3) is 0.238. The topological polar surface area (TPSA) is 88.3 Å². The number of hydrogen-bond donors (Lipinski definition) is 1. The van der Waals surface area contributed by atoms with E-state index in [9.17, 15) is 9.59 Å². The predicted molar refractivity (Wildman–Crippen MR) is 111 cm³/mol. The Hall–Kier alpha value is -3.13. The Morgan fingerprint density at radius 3 is 2.76 bits per heavy atom. The minimum absolute atomic E-state index is 0.102. The summed E-state index contributed by atoms with van der Waals surface area (Å²) in [5.41, 5.74) is 2.42. The number of nitrogens with zero attached hydrogens (tertiary/aromatic N) is 3. The van der Waals surface area contributed by atoms with E-state index in [1.54, 1.807) is 11.0 Å². The van der Waals surface area contributed by atoms with Crippen LogP contribution in [-0.2, 0) is 16.0 Å². The maximum atomic E-state index is 13.0. The van der Waals surface area contributed by atoms with Crippen LogP contribution < -0.4 is 10.2 Å². The molecule has 29 heavy (non-hydrogen) atoms. The van der Waals surface area contributed by atoms with E-state index in [1.165, 1.54) is 11.8 Å².